The van der Waals surface area contributed by atoms with Gasteiger partial charge in [0.25, 0.3) is 0 Å². The lowest BCUT2D eigenvalue weighted by molar-refractivity contribution is -0.161. The third-order valence-electron chi connectivity index (χ3n) is 7.08. The van der Waals surface area contributed by atoms with Gasteiger partial charge in [-0.25, -0.2) is 4.57 Å². The number of nitrogens with two attached hydrogens (primary N) is 1. The van der Waals surface area contributed by atoms with Gasteiger partial charge in [0.1, 0.15) is 6.61 Å². The van der Waals surface area contributed by atoms with Crippen molar-refractivity contribution in [2.75, 3.05) is 26.4 Å². The summed E-state index contributed by atoms with van der Waals surface area (Å²) in [6.07, 6.45) is 40.9. The molecule has 3 N–H and O–H groups in total. The quantitative estimate of drug-likeness (QED) is 0.0296. The molecule has 0 bridgehead atoms. The Bertz CT molecular complexity index is 1030. The molecule has 0 aromatic rings. The maximum absolute atomic E-state index is 12.5. The molecule has 0 radical (unpaired) electrons. The van der Waals surface area contributed by atoms with Crippen molar-refractivity contribution in [1.29, 1.82) is 0 Å². The number of carbonyl (C=O) groups excluding carboxylic acids is 2. The SMILES string of the molecule is CCC=CCC=CCC=CCC=CCC=CCCCC(=O)O[C@H](COC(=O)CCCCCCCC=CCCCC)COP(=O)(O)OCCN. The molecule has 0 rings (SSSR count). The van der Waals surface area contributed by atoms with E-state index in [0.29, 0.717) is 19.3 Å². The average Bonchev–Trinajstić information content (AvgIpc) is 3.08. The normalized spacial score (nSPS) is 14.3. The Morgan fingerprint density at radius 2 is 1.14 bits per heavy atom. The minimum Gasteiger partial charge on any atom is -0.462 e. The lowest BCUT2D eigenvalue weighted by atomic mass is 10.1. The monoisotopic (exact) mass is 707 g/mol. The van der Waals surface area contributed by atoms with Crippen LogP contribution < -0.4 is 5.73 Å². The molecular weight excluding hydrogens is 641 g/mol. The Kier molecular flexibility index (Phi) is 33.4. The van der Waals surface area contributed by atoms with Gasteiger partial charge in [-0.15, -0.1) is 0 Å². The van der Waals surface area contributed by atoms with Crippen LogP contribution in [0.3, 0.4) is 0 Å². The van der Waals surface area contributed by atoms with Gasteiger partial charge in [0.05, 0.1) is 13.2 Å². The maximum atomic E-state index is 12.5. The first-order chi connectivity index (χ1) is 23.8. The van der Waals surface area contributed by atoms with E-state index in [2.05, 4.69) is 80.7 Å². The molecule has 2 atom stereocenters. The van der Waals surface area contributed by atoms with E-state index in [4.69, 9.17) is 24.3 Å². The number of phosphoric ester groups is 1. The van der Waals surface area contributed by atoms with Gasteiger partial charge < -0.3 is 20.1 Å². The van der Waals surface area contributed by atoms with Gasteiger partial charge in [-0.1, -0.05) is 119 Å². The van der Waals surface area contributed by atoms with Crippen LogP contribution in [0.25, 0.3) is 0 Å². The van der Waals surface area contributed by atoms with E-state index in [9.17, 15) is 19.0 Å². The number of rotatable bonds is 33. The maximum Gasteiger partial charge on any atom is 0.472 e. The molecule has 0 amide bonds. The molecule has 0 aromatic carbocycles. The topological polar surface area (TPSA) is 134 Å². The van der Waals surface area contributed by atoms with Crippen LogP contribution >= 0.6 is 7.82 Å². The first kappa shape index (κ1) is 46.5. The van der Waals surface area contributed by atoms with Crippen molar-refractivity contribution in [2.24, 2.45) is 5.73 Å². The molecule has 0 aliphatic heterocycles. The molecule has 0 saturated carbocycles. The van der Waals surface area contributed by atoms with Crippen molar-refractivity contribution >= 4 is 19.8 Å². The number of hydrogen-bond acceptors (Lipinski definition) is 8. The van der Waals surface area contributed by atoms with Gasteiger partial charge >= 0.3 is 19.8 Å². The van der Waals surface area contributed by atoms with E-state index < -0.39 is 32.5 Å². The summed E-state index contributed by atoms with van der Waals surface area (Å²) >= 11 is 0. The Morgan fingerprint density at radius 1 is 0.633 bits per heavy atom. The van der Waals surface area contributed by atoms with Gasteiger partial charge in [-0.3, -0.25) is 18.6 Å². The number of phosphoric acid groups is 1. The molecule has 280 valence electrons. The molecule has 0 aliphatic carbocycles. The predicted molar refractivity (Wildman–Crippen MR) is 201 cm³/mol. The summed E-state index contributed by atoms with van der Waals surface area (Å²) in [5.41, 5.74) is 5.32. The highest BCUT2D eigenvalue weighted by Gasteiger charge is 2.25. The van der Waals surface area contributed by atoms with E-state index in [-0.39, 0.29) is 32.6 Å². The van der Waals surface area contributed by atoms with Crippen LogP contribution in [0.4, 0.5) is 0 Å². The molecule has 0 aliphatic rings. The summed E-state index contributed by atoms with van der Waals surface area (Å²) in [5.74, 6) is -0.919. The standard InChI is InChI=1S/C39H66NO8P/c1-3-5-7-9-11-13-15-16-17-18-19-20-22-24-26-28-30-32-39(42)48-37(36-47-49(43,44)46-34-33-40)35-45-38(41)31-29-27-25-23-21-14-12-10-8-6-4-2/h5,7,10-13,16-17,19-20,24,26,37H,3-4,6,8-9,14-15,18,21-23,25,27-36,40H2,1-2H3,(H,43,44)/t37-/m1/s1. The molecule has 0 heterocycles. The number of ether oxygens (including phenoxy) is 2. The van der Waals surface area contributed by atoms with Gasteiger partial charge in [0.2, 0.25) is 0 Å². The highest BCUT2D eigenvalue weighted by atomic mass is 31.2. The van der Waals surface area contributed by atoms with E-state index >= 15 is 0 Å². The highest BCUT2D eigenvalue weighted by molar-refractivity contribution is 7.47. The smallest absolute Gasteiger partial charge is 0.462 e. The van der Waals surface area contributed by atoms with Crippen molar-refractivity contribution < 1.29 is 37.6 Å². The van der Waals surface area contributed by atoms with Gasteiger partial charge in [0, 0.05) is 19.4 Å². The van der Waals surface area contributed by atoms with Crippen molar-refractivity contribution in [1.82, 2.24) is 0 Å². The minimum absolute atomic E-state index is 0.0396. The zero-order valence-corrected chi connectivity index (χ0v) is 31.3. The number of hydrogen-bond donors (Lipinski definition) is 2. The zero-order chi connectivity index (χ0) is 36.1. The summed E-state index contributed by atoms with van der Waals surface area (Å²) in [6.45, 7) is 3.46. The summed E-state index contributed by atoms with van der Waals surface area (Å²) in [5, 5.41) is 0. The lowest BCUT2D eigenvalue weighted by Crippen LogP contribution is -2.29. The van der Waals surface area contributed by atoms with Gasteiger partial charge in [-0.2, -0.15) is 0 Å². The number of carbonyl (C=O) groups is 2. The third kappa shape index (κ3) is 35.1. The molecule has 0 spiro atoms. The van der Waals surface area contributed by atoms with Crippen molar-refractivity contribution in [3.8, 4) is 0 Å². The Balaban J connectivity index is 4.38. The predicted octanol–water partition coefficient (Wildman–Crippen LogP) is 9.93. The second kappa shape index (κ2) is 35.3. The van der Waals surface area contributed by atoms with Crippen LogP contribution in [-0.4, -0.2) is 49.3 Å². The molecule has 0 aromatic heterocycles. The van der Waals surface area contributed by atoms with E-state index in [1.165, 1.54) is 12.8 Å². The number of allylic oxidation sites excluding steroid dienone is 12. The van der Waals surface area contributed by atoms with Crippen LogP contribution in [0, 0.1) is 0 Å². The van der Waals surface area contributed by atoms with Crippen molar-refractivity contribution in [3.05, 3.63) is 72.9 Å². The van der Waals surface area contributed by atoms with Crippen LogP contribution in [0.15, 0.2) is 72.9 Å². The van der Waals surface area contributed by atoms with Crippen molar-refractivity contribution in [2.45, 2.75) is 136 Å². The van der Waals surface area contributed by atoms with Crippen molar-refractivity contribution in [3.63, 3.8) is 0 Å². The Morgan fingerprint density at radius 3 is 1.76 bits per heavy atom. The van der Waals surface area contributed by atoms with Crippen LogP contribution in [0.5, 0.6) is 0 Å². The molecule has 0 saturated heterocycles. The van der Waals surface area contributed by atoms with Crippen LogP contribution in [0.2, 0.25) is 0 Å². The molecule has 1 unspecified atom stereocenters. The lowest BCUT2D eigenvalue weighted by Gasteiger charge is -2.19. The van der Waals surface area contributed by atoms with Crippen LogP contribution in [0.1, 0.15) is 129 Å². The second-order valence-electron chi connectivity index (χ2n) is 11.7. The fourth-order valence-electron chi connectivity index (χ4n) is 4.35. The van der Waals surface area contributed by atoms with E-state index in [1.54, 1.807) is 0 Å². The fourth-order valence-corrected chi connectivity index (χ4v) is 5.12. The summed E-state index contributed by atoms with van der Waals surface area (Å²) < 4.78 is 32.5. The molecule has 9 nitrogen and oxygen atoms in total. The summed E-state index contributed by atoms with van der Waals surface area (Å²) in [6, 6.07) is 0. The second-order valence-corrected chi connectivity index (χ2v) is 13.2. The molecule has 10 heteroatoms. The van der Waals surface area contributed by atoms with Gasteiger partial charge in [-0.05, 0) is 70.6 Å². The Hall–Kier alpha value is -2.55. The van der Waals surface area contributed by atoms with E-state index in [0.717, 1.165) is 70.6 Å². The molecular formula is C39H66NO8P. The Labute approximate surface area is 297 Å². The first-order valence-corrected chi connectivity index (χ1v) is 19.9. The fraction of sp³-hybridized carbons (Fsp3) is 0.641. The largest absolute Gasteiger partial charge is 0.472 e. The van der Waals surface area contributed by atoms with Crippen LogP contribution in [-0.2, 0) is 32.7 Å². The average molecular weight is 708 g/mol. The number of unbranched alkanes of at least 4 members (excludes halogenated alkanes) is 8. The first-order valence-electron chi connectivity index (χ1n) is 18.4. The third-order valence-corrected chi connectivity index (χ3v) is 8.06. The highest BCUT2D eigenvalue weighted by Crippen LogP contribution is 2.43. The number of esters is 2. The molecule has 49 heavy (non-hydrogen) atoms. The van der Waals surface area contributed by atoms with E-state index in [1.807, 2.05) is 6.08 Å². The van der Waals surface area contributed by atoms with Gasteiger partial charge in [0.15, 0.2) is 6.10 Å². The summed E-state index contributed by atoms with van der Waals surface area (Å²) in [4.78, 5) is 34.6. The summed E-state index contributed by atoms with van der Waals surface area (Å²) in [7, 11) is -4.39. The minimum atomic E-state index is -4.39. The zero-order valence-electron chi connectivity index (χ0n) is 30.4. The molecule has 0 fully saturated rings.